The molecule has 0 aliphatic carbocycles. The molecule has 0 bridgehead atoms. The second-order valence-electron chi connectivity index (χ2n) is 6.04. The minimum Gasteiger partial charge on any atom is -0.350 e. The quantitative estimate of drug-likeness (QED) is 0.812. The van der Waals surface area contributed by atoms with Crippen LogP contribution in [0.3, 0.4) is 0 Å². The summed E-state index contributed by atoms with van der Waals surface area (Å²) >= 11 is 0. The molecule has 0 radical (unpaired) electrons. The fourth-order valence-electron chi connectivity index (χ4n) is 2.58. The van der Waals surface area contributed by atoms with Crippen molar-refractivity contribution < 1.29 is 4.79 Å². The molecule has 0 unspecified atom stereocenters. The average molecular weight is 235 g/mol. The van der Waals surface area contributed by atoms with Gasteiger partial charge in [-0.05, 0) is 25.2 Å². The van der Waals surface area contributed by atoms with Crippen molar-refractivity contribution in [3.05, 3.63) is 18.2 Å². The molecule has 1 N–H and O–H groups in total. The van der Waals surface area contributed by atoms with E-state index in [9.17, 15) is 4.79 Å². The van der Waals surface area contributed by atoms with Crippen LogP contribution >= 0.6 is 0 Å². The number of amides is 1. The molecule has 2 heterocycles. The number of carbonyl (C=O) groups excluding carboxylic acids is 1. The van der Waals surface area contributed by atoms with Gasteiger partial charge in [-0.1, -0.05) is 20.8 Å². The van der Waals surface area contributed by atoms with Crippen molar-refractivity contribution in [3.8, 4) is 0 Å². The number of nitrogens with one attached hydrogen (secondary N) is 1. The number of rotatable bonds is 1. The van der Waals surface area contributed by atoms with Gasteiger partial charge in [0.1, 0.15) is 5.69 Å². The summed E-state index contributed by atoms with van der Waals surface area (Å²) in [6, 6.07) is 0. The summed E-state index contributed by atoms with van der Waals surface area (Å²) in [5.74, 6) is 0.0428. The van der Waals surface area contributed by atoms with E-state index >= 15 is 0 Å². The van der Waals surface area contributed by atoms with Crippen LogP contribution in [0.25, 0.3) is 0 Å². The Bertz CT molecular complexity index is 405. The number of H-pyrrole nitrogens is 1. The number of likely N-dealkylation sites (tertiary alicyclic amines) is 1. The third kappa shape index (κ3) is 1.85. The molecule has 94 valence electrons. The monoisotopic (exact) mass is 235 g/mol. The van der Waals surface area contributed by atoms with E-state index in [0.717, 1.165) is 19.4 Å². The predicted molar refractivity (Wildman–Crippen MR) is 66.7 cm³/mol. The summed E-state index contributed by atoms with van der Waals surface area (Å²) in [4.78, 5) is 21.3. The first-order valence-electron chi connectivity index (χ1n) is 6.17. The number of imidazole rings is 1. The Balaban J connectivity index is 2.30. The highest BCUT2D eigenvalue weighted by atomic mass is 16.2. The first-order chi connectivity index (χ1) is 7.86. The molecule has 1 amide bonds. The van der Waals surface area contributed by atoms with E-state index in [0.29, 0.717) is 5.69 Å². The molecule has 1 atom stereocenters. The first-order valence-corrected chi connectivity index (χ1v) is 6.17. The van der Waals surface area contributed by atoms with Crippen LogP contribution in [0.1, 0.15) is 51.0 Å². The molecule has 0 saturated carbocycles. The molecule has 1 aliphatic rings. The summed E-state index contributed by atoms with van der Waals surface area (Å²) in [7, 11) is 0. The molecule has 1 saturated heterocycles. The molecule has 1 aromatic rings. The Morgan fingerprint density at radius 1 is 1.53 bits per heavy atom. The fraction of sp³-hybridized carbons (Fsp3) is 0.692. The van der Waals surface area contributed by atoms with Gasteiger partial charge in [0, 0.05) is 18.3 Å². The summed E-state index contributed by atoms with van der Waals surface area (Å²) in [5.41, 5.74) is 0.515. The summed E-state index contributed by atoms with van der Waals surface area (Å²) in [6.07, 6.45) is 5.36. The van der Waals surface area contributed by atoms with Gasteiger partial charge >= 0.3 is 0 Å². The Morgan fingerprint density at radius 2 is 2.24 bits per heavy atom. The zero-order valence-electron chi connectivity index (χ0n) is 11.1. The van der Waals surface area contributed by atoms with Crippen LogP contribution in [0.5, 0.6) is 0 Å². The average Bonchev–Trinajstić information content (AvgIpc) is 2.84. The summed E-state index contributed by atoms with van der Waals surface area (Å²) in [5, 5.41) is 0. The predicted octanol–water partition coefficient (Wildman–Crippen LogP) is 2.45. The Labute approximate surface area is 102 Å². The van der Waals surface area contributed by atoms with Crippen molar-refractivity contribution in [1.29, 1.82) is 0 Å². The molecular formula is C13H21N3O. The van der Waals surface area contributed by atoms with Crippen LogP contribution < -0.4 is 0 Å². The van der Waals surface area contributed by atoms with Crippen molar-refractivity contribution in [1.82, 2.24) is 14.9 Å². The van der Waals surface area contributed by atoms with E-state index in [1.165, 1.54) is 0 Å². The summed E-state index contributed by atoms with van der Waals surface area (Å²) in [6.45, 7) is 9.61. The number of aromatic amines is 1. The second-order valence-corrected chi connectivity index (χ2v) is 6.04. The minimum absolute atomic E-state index is 0.0428. The molecule has 17 heavy (non-hydrogen) atoms. The lowest BCUT2D eigenvalue weighted by Crippen LogP contribution is -2.53. The Morgan fingerprint density at radius 3 is 2.76 bits per heavy atom. The van der Waals surface area contributed by atoms with Crippen molar-refractivity contribution in [2.24, 2.45) is 5.41 Å². The van der Waals surface area contributed by atoms with Crippen molar-refractivity contribution in [2.75, 3.05) is 6.54 Å². The SMILES string of the molecule is CC(C)(C)[C@]1(C)CCCN1C(=O)c1c[nH]cn1. The molecule has 1 aliphatic heterocycles. The zero-order valence-corrected chi connectivity index (χ0v) is 11.1. The van der Waals surface area contributed by atoms with E-state index in [1.54, 1.807) is 12.5 Å². The van der Waals surface area contributed by atoms with Crippen LogP contribution in [-0.4, -0.2) is 32.9 Å². The van der Waals surface area contributed by atoms with E-state index < -0.39 is 0 Å². The van der Waals surface area contributed by atoms with E-state index in [2.05, 4.69) is 37.7 Å². The Kier molecular flexibility index (Phi) is 2.76. The second kappa shape index (κ2) is 3.86. The van der Waals surface area contributed by atoms with Crippen LogP contribution in [-0.2, 0) is 0 Å². The lowest BCUT2D eigenvalue weighted by atomic mass is 9.73. The highest BCUT2D eigenvalue weighted by Gasteiger charge is 2.48. The number of hydrogen-bond acceptors (Lipinski definition) is 2. The van der Waals surface area contributed by atoms with Crippen molar-refractivity contribution in [3.63, 3.8) is 0 Å². The van der Waals surface area contributed by atoms with Gasteiger partial charge in [-0.15, -0.1) is 0 Å². The normalized spacial score (nSPS) is 25.3. The number of hydrogen-bond donors (Lipinski definition) is 1. The van der Waals surface area contributed by atoms with Crippen LogP contribution in [0, 0.1) is 5.41 Å². The zero-order chi connectivity index (χ0) is 12.7. The van der Waals surface area contributed by atoms with Crippen LogP contribution in [0.4, 0.5) is 0 Å². The van der Waals surface area contributed by atoms with Crippen LogP contribution in [0.2, 0.25) is 0 Å². The lowest BCUT2D eigenvalue weighted by Gasteiger charge is -2.45. The maximum Gasteiger partial charge on any atom is 0.274 e. The first kappa shape index (κ1) is 12.1. The minimum atomic E-state index is -0.0803. The number of nitrogens with zero attached hydrogens (tertiary/aromatic N) is 2. The maximum absolute atomic E-state index is 12.4. The van der Waals surface area contributed by atoms with Gasteiger partial charge in [0.2, 0.25) is 0 Å². The topological polar surface area (TPSA) is 49.0 Å². The van der Waals surface area contributed by atoms with Gasteiger partial charge in [-0.3, -0.25) is 4.79 Å². The van der Waals surface area contributed by atoms with Gasteiger partial charge in [0.05, 0.1) is 6.33 Å². The molecule has 1 fully saturated rings. The van der Waals surface area contributed by atoms with E-state index in [4.69, 9.17) is 0 Å². The van der Waals surface area contributed by atoms with Gasteiger partial charge in [0.15, 0.2) is 0 Å². The molecule has 0 spiro atoms. The van der Waals surface area contributed by atoms with Gasteiger partial charge < -0.3 is 9.88 Å². The largest absolute Gasteiger partial charge is 0.350 e. The fourth-order valence-corrected chi connectivity index (χ4v) is 2.58. The van der Waals surface area contributed by atoms with Crippen LogP contribution in [0.15, 0.2) is 12.5 Å². The standard InChI is InChI=1S/C13H21N3O/c1-12(2,3)13(4)6-5-7-16(13)11(17)10-8-14-9-15-10/h8-9H,5-7H2,1-4H3,(H,14,15)/t13-/m0/s1. The highest BCUT2D eigenvalue weighted by Crippen LogP contribution is 2.43. The molecule has 4 nitrogen and oxygen atoms in total. The van der Waals surface area contributed by atoms with Gasteiger partial charge in [-0.2, -0.15) is 0 Å². The lowest BCUT2D eigenvalue weighted by molar-refractivity contribution is 0.0305. The number of carbonyl (C=O) groups is 1. The van der Waals surface area contributed by atoms with Crippen molar-refractivity contribution in [2.45, 2.75) is 46.1 Å². The van der Waals surface area contributed by atoms with E-state index in [-0.39, 0.29) is 16.9 Å². The Hall–Kier alpha value is -1.32. The van der Waals surface area contributed by atoms with Gasteiger partial charge in [-0.25, -0.2) is 4.98 Å². The maximum atomic E-state index is 12.4. The molecule has 2 rings (SSSR count). The smallest absolute Gasteiger partial charge is 0.274 e. The third-order valence-electron chi connectivity index (χ3n) is 4.22. The molecule has 4 heteroatoms. The number of aromatic nitrogens is 2. The van der Waals surface area contributed by atoms with Gasteiger partial charge in [0.25, 0.3) is 5.91 Å². The van der Waals surface area contributed by atoms with Crippen molar-refractivity contribution >= 4 is 5.91 Å². The summed E-state index contributed by atoms with van der Waals surface area (Å²) < 4.78 is 0. The molecule has 1 aromatic heterocycles. The highest BCUT2D eigenvalue weighted by molar-refractivity contribution is 5.92. The molecule has 0 aromatic carbocycles. The molecular weight excluding hydrogens is 214 g/mol. The third-order valence-corrected chi connectivity index (χ3v) is 4.22. The van der Waals surface area contributed by atoms with E-state index in [1.807, 2.05) is 4.90 Å².